The molecule has 0 saturated heterocycles. The van der Waals surface area contributed by atoms with Crippen molar-refractivity contribution in [2.24, 2.45) is 5.73 Å². The first-order valence-corrected chi connectivity index (χ1v) is 7.28. The first-order valence-electron chi connectivity index (χ1n) is 5.73. The topological polar surface area (TPSA) is 26.0 Å². The quantitative estimate of drug-likeness (QED) is 0.720. The Morgan fingerprint density at radius 2 is 1.85 bits per heavy atom. The molecule has 106 valence electrons. The van der Waals surface area contributed by atoms with Crippen molar-refractivity contribution in [2.45, 2.75) is 12.5 Å². The van der Waals surface area contributed by atoms with Gasteiger partial charge in [0.25, 0.3) is 0 Å². The molecule has 0 fully saturated rings. The number of rotatable bonds is 3. The number of nitrogens with two attached hydrogens (primary N) is 1. The lowest BCUT2D eigenvalue weighted by molar-refractivity contribution is 0.500. The van der Waals surface area contributed by atoms with Crippen molar-refractivity contribution in [3.8, 4) is 0 Å². The van der Waals surface area contributed by atoms with Crippen LogP contribution in [0.25, 0.3) is 0 Å². The van der Waals surface area contributed by atoms with Gasteiger partial charge in [0, 0.05) is 16.1 Å². The van der Waals surface area contributed by atoms with E-state index >= 15 is 0 Å². The Morgan fingerprint density at radius 1 is 1.15 bits per heavy atom. The lowest BCUT2D eigenvalue weighted by Crippen LogP contribution is -2.15. The van der Waals surface area contributed by atoms with Gasteiger partial charge in [-0.2, -0.15) is 0 Å². The van der Waals surface area contributed by atoms with Gasteiger partial charge in [0.1, 0.15) is 0 Å². The van der Waals surface area contributed by atoms with Crippen LogP contribution in [-0.2, 0) is 6.42 Å². The average molecular weight is 381 g/mol. The lowest BCUT2D eigenvalue weighted by Gasteiger charge is -2.15. The Kier molecular flexibility index (Phi) is 5.02. The average Bonchev–Trinajstić information content (AvgIpc) is 2.39. The monoisotopic (exact) mass is 379 g/mol. The summed E-state index contributed by atoms with van der Waals surface area (Å²) >= 11 is 14.9. The molecule has 0 spiro atoms. The highest BCUT2D eigenvalue weighted by Gasteiger charge is 2.17. The molecule has 2 rings (SSSR count). The number of hydrogen-bond acceptors (Lipinski definition) is 1. The zero-order valence-corrected chi connectivity index (χ0v) is 13.2. The summed E-state index contributed by atoms with van der Waals surface area (Å²) in [6.45, 7) is 0. The molecule has 0 aromatic heterocycles. The Bertz CT molecular complexity index is 649. The van der Waals surface area contributed by atoms with E-state index in [1.807, 2.05) is 0 Å². The van der Waals surface area contributed by atoms with Crippen LogP contribution in [0.5, 0.6) is 0 Å². The van der Waals surface area contributed by atoms with E-state index in [0.717, 1.165) is 11.6 Å². The van der Waals surface area contributed by atoms with Gasteiger partial charge in [0.2, 0.25) is 0 Å². The second-order valence-electron chi connectivity index (χ2n) is 4.31. The number of hydrogen-bond donors (Lipinski definition) is 1. The molecule has 0 aliphatic rings. The molecule has 0 aliphatic heterocycles. The molecule has 6 heteroatoms. The molecule has 20 heavy (non-hydrogen) atoms. The van der Waals surface area contributed by atoms with E-state index in [-0.39, 0.29) is 4.47 Å². The minimum absolute atomic E-state index is 0.0371. The molecule has 1 atom stereocenters. The predicted octanol–water partition coefficient (Wildman–Crippen LogP) is 5.28. The van der Waals surface area contributed by atoms with Crippen LogP contribution < -0.4 is 5.73 Å². The van der Waals surface area contributed by atoms with E-state index in [2.05, 4.69) is 15.9 Å². The first kappa shape index (κ1) is 15.7. The predicted molar refractivity (Wildman–Crippen MR) is 81.2 cm³/mol. The molecular weight excluding hydrogens is 371 g/mol. The van der Waals surface area contributed by atoms with Crippen LogP contribution in [-0.4, -0.2) is 0 Å². The Hall–Kier alpha value is -0.680. The van der Waals surface area contributed by atoms with Crippen LogP contribution in [0.4, 0.5) is 8.78 Å². The molecule has 2 aromatic rings. The summed E-state index contributed by atoms with van der Waals surface area (Å²) in [5, 5.41) is 1.02. The Balaban J connectivity index is 2.28. The minimum atomic E-state index is -0.944. The Labute approximate surface area is 133 Å². The lowest BCUT2D eigenvalue weighted by atomic mass is 9.99. The summed E-state index contributed by atoms with van der Waals surface area (Å²) in [4.78, 5) is 0. The summed E-state index contributed by atoms with van der Waals surface area (Å²) in [6.07, 6.45) is 0.389. The summed E-state index contributed by atoms with van der Waals surface area (Å²) in [7, 11) is 0. The van der Waals surface area contributed by atoms with E-state index in [1.165, 1.54) is 6.07 Å². The third-order valence-electron chi connectivity index (χ3n) is 2.92. The highest BCUT2D eigenvalue weighted by molar-refractivity contribution is 9.10. The summed E-state index contributed by atoms with van der Waals surface area (Å²) in [5.74, 6) is -1.86. The van der Waals surface area contributed by atoms with Gasteiger partial charge in [-0.1, -0.05) is 35.3 Å². The maximum Gasteiger partial charge on any atom is 0.173 e. The van der Waals surface area contributed by atoms with Crippen LogP contribution in [0.2, 0.25) is 10.0 Å². The van der Waals surface area contributed by atoms with Crippen molar-refractivity contribution in [1.29, 1.82) is 0 Å². The molecular formula is C14H10BrCl2F2N. The van der Waals surface area contributed by atoms with Crippen molar-refractivity contribution in [1.82, 2.24) is 0 Å². The molecule has 0 radical (unpaired) electrons. The van der Waals surface area contributed by atoms with Crippen molar-refractivity contribution in [2.75, 3.05) is 0 Å². The summed E-state index contributed by atoms with van der Waals surface area (Å²) in [5.41, 5.74) is 7.32. The van der Waals surface area contributed by atoms with E-state index in [4.69, 9.17) is 28.9 Å². The van der Waals surface area contributed by atoms with Gasteiger partial charge in [0.15, 0.2) is 11.6 Å². The van der Waals surface area contributed by atoms with Gasteiger partial charge in [-0.05, 0) is 51.7 Å². The highest BCUT2D eigenvalue weighted by Crippen LogP contribution is 2.30. The fourth-order valence-electron chi connectivity index (χ4n) is 1.86. The van der Waals surface area contributed by atoms with Crippen molar-refractivity contribution in [3.05, 3.63) is 67.6 Å². The molecule has 2 N–H and O–H groups in total. The van der Waals surface area contributed by atoms with Gasteiger partial charge in [-0.3, -0.25) is 0 Å². The molecule has 0 amide bonds. The van der Waals surface area contributed by atoms with Gasteiger partial charge in [0.05, 0.1) is 4.47 Å². The van der Waals surface area contributed by atoms with Gasteiger partial charge in [-0.15, -0.1) is 0 Å². The largest absolute Gasteiger partial charge is 0.324 e. The fourth-order valence-corrected chi connectivity index (χ4v) is 2.96. The normalized spacial score (nSPS) is 12.5. The number of halogens is 5. The van der Waals surface area contributed by atoms with Gasteiger partial charge >= 0.3 is 0 Å². The molecule has 0 saturated carbocycles. The van der Waals surface area contributed by atoms with Crippen molar-refractivity contribution in [3.63, 3.8) is 0 Å². The third kappa shape index (κ3) is 3.31. The Morgan fingerprint density at radius 3 is 2.50 bits per heavy atom. The van der Waals surface area contributed by atoms with Crippen molar-refractivity contribution < 1.29 is 8.78 Å². The van der Waals surface area contributed by atoms with Crippen LogP contribution in [0.1, 0.15) is 17.2 Å². The summed E-state index contributed by atoms with van der Waals surface area (Å²) < 4.78 is 26.6. The standard InChI is InChI=1S/C14H10BrCl2F2N/c15-13-9(3-4-11(18)14(13)19)12(20)5-7-1-2-8(16)6-10(7)17/h1-4,6,12H,5,20H2. The second kappa shape index (κ2) is 6.39. The SMILES string of the molecule is NC(Cc1ccc(Cl)cc1Cl)c1ccc(F)c(F)c1Br. The second-order valence-corrected chi connectivity index (χ2v) is 5.95. The highest BCUT2D eigenvalue weighted by atomic mass is 79.9. The maximum atomic E-state index is 13.5. The maximum absolute atomic E-state index is 13.5. The zero-order chi connectivity index (χ0) is 14.9. The minimum Gasteiger partial charge on any atom is -0.324 e. The van der Waals surface area contributed by atoms with Crippen LogP contribution >= 0.6 is 39.1 Å². The van der Waals surface area contributed by atoms with E-state index in [0.29, 0.717) is 22.0 Å². The number of benzene rings is 2. The van der Waals surface area contributed by atoms with E-state index in [9.17, 15) is 8.78 Å². The van der Waals surface area contributed by atoms with Gasteiger partial charge in [-0.25, -0.2) is 8.78 Å². The molecule has 1 unspecified atom stereocenters. The third-order valence-corrected chi connectivity index (χ3v) is 4.31. The van der Waals surface area contributed by atoms with Crippen LogP contribution in [0.15, 0.2) is 34.8 Å². The summed E-state index contributed by atoms with van der Waals surface area (Å²) in [6, 6.07) is 7.08. The smallest absolute Gasteiger partial charge is 0.173 e. The zero-order valence-electron chi connectivity index (χ0n) is 10.1. The first-order chi connectivity index (χ1) is 9.40. The van der Waals surface area contributed by atoms with Crippen LogP contribution in [0.3, 0.4) is 0 Å². The fraction of sp³-hybridized carbons (Fsp3) is 0.143. The van der Waals surface area contributed by atoms with E-state index < -0.39 is 17.7 Å². The molecule has 0 aliphatic carbocycles. The van der Waals surface area contributed by atoms with Crippen LogP contribution in [0, 0.1) is 11.6 Å². The molecule has 2 aromatic carbocycles. The van der Waals surface area contributed by atoms with Gasteiger partial charge < -0.3 is 5.73 Å². The van der Waals surface area contributed by atoms with E-state index in [1.54, 1.807) is 18.2 Å². The molecule has 0 bridgehead atoms. The molecule has 0 heterocycles. The van der Waals surface area contributed by atoms with Crippen molar-refractivity contribution >= 4 is 39.1 Å². The molecule has 1 nitrogen and oxygen atoms in total.